The van der Waals surface area contributed by atoms with Crippen LogP contribution in [-0.4, -0.2) is 46.9 Å². The van der Waals surface area contributed by atoms with Crippen LogP contribution in [0.4, 0.5) is 0 Å². The molecule has 0 saturated carbocycles. The van der Waals surface area contributed by atoms with Gasteiger partial charge in [-0.3, -0.25) is 9.59 Å². The molecule has 0 fully saturated rings. The molecule has 0 aliphatic rings. The lowest BCUT2D eigenvalue weighted by atomic mass is 10.0. The van der Waals surface area contributed by atoms with E-state index >= 15 is 0 Å². The predicted octanol–water partition coefficient (Wildman–Crippen LogP) is 16.1. The Morgan fingerprint density at radius 3 is 1.18 bits per heavy atom. The molecule has 0 aromatic heterocycles. The van der Waals surface area contributed by atoms with Crippen LogP contribution in [0.1, 0.15) is 297 Å². The van der Waals surface area contributed by atoms with Crippen molar-refractivity contribution in [3.05, 3.63) is 12.2 Å². The van der Waals surface area contributed by atoms with Crippen LogP contribution in [0.3, 0.4) is 0 Å². The predicted molar refractivity (Wildman–Crippen MR) is 260 cm³/mol. The fraction of sp³-hybridized carbons (Fsp3) is 0.926. The van der Waals surface area contributed by atoms with E-state index in [-0.39, 0.29) is 24.9 Å². The summed E-state index contributed by atoms with van der Waals surface area (Å²) in [5, 5.41) is 23.8. The van der Waals surface area contributed by atoms with Crippen LogP contribution in [0.25, 0.3) is 0 Å². The fourth-order valence-corrected chi connectivity index (χ4v) is 8.49. The number of rotatable bonds is 49. The Hall–Kier alpha value is -1.40. The molecule has 356 valence electrons. The molecule has 0 radical (unpaired) electrons. The first-order valence-corrected chi connectivity index (χ1v) is 26.9. The Labute approximate surface area is 374 Å². The molecule has 6 nitrogen and oxygen atoms in total. The number of carbonyl (C=O) groups excluding carboxylic acids is 2. The number of carbonyl (C=O) groups is 2. The van der Waals surface area contributed by atoms with Crippen molar-refractivity contribution in [3.8, 4) is 0 Å². The Bertz CT molecular complexity index is 909. The largest absolute Gasteiger partial charge is 0.462 e. The molecular formula is C54H105NO5. The van der Waals surface area contributed by atoms with Gasteiger partial charge in [0.1, 0.15) is 6.10 Å². The quantitative estimate of drug-likeness (QED) is 0.0322. The van der Waals surface area contributed by atoms with Gasteiger partial charge in [0.2, 0.25) is 5.91 Å². The van der Waals surface area contributed by atoms with Crippen molar-refractivity contribution in [2.75, 3.05) is 6.61 Å². The Kier molecular flexibility index (Phi) is 47.5. The van der Waals surface area contributed by atoms with Crippen LogP contribution in [-0.2, 0) is 14.3 Å². The van der Waals surface area contributed by atoms with E-state index in [2.05, 4.69) is 38.2 Å². The number of amides is 1. The number of ether oxygens (including phenoxy) is 1. The first-order valence-electron chi connectivity index (χ1n) is 26.9. The van der Waals surface area contributed by atoms with Crippen LogP contribution >= 0.6 is 0 Å². The van der Waals surface area contributed by atoms with Gasteiger partial charge in [-0.1, -0.05) is 245 Å². The van der Waals surface area contributed by atoms with Crippen LogP contribution in [0.2, 0.25) is 0 Å². The number of allylic oxidation sites excluding steroid dienone is 2. The van der Waals surface area contributed by atoms with E-state index in [0.717, 1.165) is 57.8 Å². The van der Waals surface area contributed by atoms with Crippen LogP contribution in [0.15, 0.2) is 12.2 Å². The van der Waals surface area contributed by atoms with Crippen LogP contribution in [0.5, 0.6) is 0 Å². The van der Waals surface area contributed by atoms with Crippen molar-refractivity contribution >= 4 is 11.9 Å². The normalized spacial score (nSPS) is 13.2. The standard InChI is InChI=1S/C54H105NO5/c1-4-7-10-13-16-19-21-23-25-26-28-30-32-35-37-40-43-46-52(57)51(49-56)55-53(58)48-50(60-54(59)47-44-41-38-33-18-15-12-9-6-3)45-42-39-36-34-31-29-27-24-22-20-17-14-11-8-5-2/h24,27,50-52,56-57H,4-23,25-26,28-49H2,1-3H3,(H,55,58)/b27-24+. The summed E-state index contributed by atoms with van der Waals surface area (Å²) in [7, 11) is 0. The second kappa shape index (κ2) is 48.6. The number of hydrogen-bond donors (Lipinski definition) is 3. The molecule has 0 aromatic rings. The average molecular weight is 848 g/mol. The van der Waals surface area contributed by atoms with E-state index in [4.69, 9.17) is 4.74 Å². The van der Waals surface area contributed by atoms with Gasteiger partial charge in [0.15, 0.2) is 0 Å². The van der Waals surface area contributed by atoms with Gasteiger partial charge in [0, 0.05) is 6.42 Å². The molecule has 0 bridgehead atoms. The highest BCUT2D eigenvalue weighted by molar-refractivity contribution is 5.77. The van der Waals surface area contributed by atoms with Gasteiger partial charge in [0.25, 0.3) is 0 Å². The van der Waals surface area contributed by atoms with E-state index in [0.29, 0.717) is 19.3 Å². The maximum Gasteiger partial charge on any atom is 0.306 e. The minimum Gasteiger partial charge on any atom is -0.462 e. The molecule has 0 aliphatic carbocycles. The van der Waals surface area contributed by atoms with Crippen LogP contribution in [0, 0.1) is 0 Å². The molecule has 0 rings (SSSR count). The molecule has 6 heteroatoms. The highest BCUT2D eigenvalue weighted by Gasteiger charge is 2.24. The second-order valence-electron chi connectivity index (χ2n) is 18.6. The third-order valence-corrected chi connectivity index (χ3v) is 12.6. The van der Waals surface area contributed by atoms with Gasteiger partial charge in [-0.05, 0) is 51.4 Å². The number of aliphatic hydroxyl groups is 2. The molecule has 60 heavy (non-hydrogen) atoms. The summed E-state index contributed by atoms with van der Waals surface area (Å²) < 4.78 is 5.92. The lowest BCUT2D eigenvalue weighted by molar-refractivity contribution is -0.151. The number of aliphatic hydroxyl groups excluding tert-OH is 2. The number of esters is 1. The maximum atomic E-state index is 13.2. The van der Waals surface area contributed by atoms with E-state index in [1.165, 1.54) is 193 Å². The monoisotopic (exact) mass is 848 g/mol. The Balaban J connectivity index is 4.45. The zero-order valence-corrected chi connectivity index (χ0v) is 40.6. The van der Waals surface area contributed by atoms with Gasteiger partial charge >= 0.3 is 5.97 Å². The van der Waals surface area contributed by atoms with Crippen molar-refractivity contribution in [1.82, 2.24) is 5.32 Å². The maximum absolute atomic E-state index is 13.2. The van der Waals surface area contributed by atoms with E-state index < -0.39 is 18.2 Å². The summed E-state index contributed by atoms with van der Waals surface area (Å²) in [4.78, 5) is 26.1. The lowest BCUT2D eigenvalue weighted by Gasteiger charge is -2.24. The molecule has 3 unspecified atom stereocenters. The summed E-state index contributed by atoms with van der Waals surface area (Å²) in [5.41, 5.74) is 0. The smallest absolute Gasteiger partial charge is 0.306 e. The average Bonchev–Trinajstić information content (AvgIpc) is 3.24. The molecule has 3 N–H and O–H groups in total. The van der Waals surface area contributed by atoms with Gasteiger partial charge in [-0.25, -0.2) is 0 Å². The van der Waals surface area contributed by atoms with Gasteiger partial charge in [-0.15, -0.1) is 0 Å². The number of nitrogens with one attached hydrogen (secondary N) is 1. The van der Waals surface area contributed by atoms with E-state index in [1.807, 2.05) is 0 Å². The number of hydrogen-bond acceptors (Lipinski definition) is 5. The molecule has 1 amide bonds. The molecule has 0 aliphatic heterocycles. The summed E-state index contributed by atoms with van der Waals surface area (Å²) in [6.45, 7) is 6.49. The topological polar surface area (TPSA) is 95.9 Å². The van der Waals surface area contributed by atoms with Gasteiger partial charge in [0.05, 0.1) is 25.2 Å². The SMILES string of the molecule is CCCCCCCC/C=C/CCCCCCCC(CC(=O)NC(CO)C(O)CCCCCCCCCCCCCCCCCCC)OC(=O)CCCCCCCCCCC. The molecule has 0 saturated heterocycles. The minimum atomic E-state index is -0.784. The van der Waals surface area contributed by atoms with Crippen molar-refractivity contribution in [1.29, 1.82) is 0 Å². The molecule has 0 aromatic carbocycles. The molecule has 0 spiro atoms. The first kappa shape index (κ1) is 58.6. The highest BCUT2D eigenvalue weighted by atomic mass is 16.5. The van der Waals surface area contributed by atoms with Gasteiger partial charge < -0.3 is 20.3 Å². The second-order valence-corrected chi connectivity index (χ2v) is 18.6. The summed E-state index contributed by atoms with van der Waals surface area (Å²) in [6.07, 6.45) is 54.2. The van der Waals surface area contributed by atoms with Crippen molar-refractivity contribution < 1.29 is 24.5 Å². The summed E-state index contributed by atoms with van der Waals surface area (Å²) in [5.74, 6) is -0.467. The van der Waals surface area contributed by atoms with Crippen molar-refractivity contribution in [2.45, 2.75) is 315 Å². The fourth-order valence-electron chi connectivity index (χ4n) is 8.49. The van der Waals surface area contributed by atoms with E-state index in [9.17, 15) is 19.8 Å². The first-order chi connectivity index (χ1) is 29.5. The van der Waals surface area contributed by atoms with Gasteiger partial charge in [-0.2, -0.15) is 0 Å². The zero-order valence-electron chi connectivity index (χ0n) is 40.6. The Morgan fingerprint density at radius 2 is 0.800 bits per heavy atom. The highest BCUT2D eigenvalue weighted by Crippen LogP contribution is 2.18. The minimum absolute atomic E-state index is 0.0786. The van der Waals surface area contributed by atoms with Crippen LogP contribution < -0.4 is 5.32 Å². The number of unbranched alkanes of at least 4 members (excludes halogenated alkanes) is 35. The molecule has 3 atom stereocenters. The van der Waals surface area contributed by atoms with Crippen molar-refractivity contribution in [3.63, 3.8) is 0 Å². The molecule has 0 heterocycles. The summed E-state index contributed by atoms with van der Waals surface area (Å²) >= 11 is 0. The van der Waals surface area contributed by atoms with E-state index in [1.54, 1.807) is 0 Å². The molecular weight excluding hydrogens is 743 g/mol. The Morgan fingerprint density at radius 1 is 0.467 bits per heavy atom. The third kappa shape index (κ3) is 43.3. The zero-order chi connectivity index (χ0) is 43.8. The lowest BCUT2D eigenvalue weighted by Crippen LogP contribution is -2.46. The third-order valence-electron chi connectivity index (χ3n) is 12.6. The van der Waals surface area contributed by atoms with Crippen molar-refractivity contribution in [2.24, 2.45) is 0 Å². The summed E-state index contributed by atoms with van der Waals surface area (Å²) in [6, 6.07) is -0.697.